The molecule has 23 heavy (non-hydrogen) atoms. The van der Waals surface area contributed by atoms with Gasteiger partial charge in [0, 0.05) is 32.6 Å². The first kappa shape index (κ1) is 16.5. The summed E-state index contributed by atoms with van der Waals surface area (Å²) in [6.45, 7) is 0. The van der Waals surface area contributed by atoms with E-state index in [4.69, 9.17) is 4.74 Å². The highest BCUT2D eigenvalue weighted by Gasteiger charge is 2.08. The van der Waals surface area contributed by atoms with Crippen LogP contribution in [0.2, 0.25) is 0 Å². The number of amides is 2. The van der Waals surface area contributed by atoms with E-state index < -0.39 is 0 Å². The minimum Gasteiger partial charge on any atom is -0.457 e. The summed E-state index contributed by atoms with van der Waals surface area (Å²) in [4.78, 5) is 24.7. The van der Waals surface area contributed by atoms with Gasteiger partial charge in [-0.05, 0) is 36.4 Å². The Morgan fingerprint density at radius 2 is 1.52 bits per heavy atom. The summed E-state index contributed by atoms with van der Waals surface area (Å²) < 4.78 is 5.68. The second-order valence-electron chi connectivity index (χ2n) is 5.28. The first-order valence-electron chi connectivity index (χ1n) is 7.37. The van der Waals surface area contributed by atoms with E-state index in [-0.39, 0.29) is 24.7 Å². The van der Waals surface area contributed by atoms with Gasteiger partial charge in [0.1, 0.15) is 11.5 Å². The number of para-hydroxylation sites is 1. The molecule has 2 aromatic rings. The third-order valence-corrected chi connectivity index (χ3v) is 3.18. The molecule has 0 saturated heterocycles. The molecule has 0 unspecified atom stereocenters. The first-order chi connectivity index (χ1) is 11.0. The maximum absolute atomic E-state index is 11.8. The highest BCUT2D eigenvalue weighted by molar-refractivity contribution is 5.93. The number of nitrogens with zero attached hydrogens (tertiary/aromatic N) is 1. The van der Waals surface area contributed by atoms with Gasteiger partial charge in [-0.3, -0.25) is 9.59 Å². The Hall–Kier alpha value is -2.82. The highest BCUT2D eigenvalue weighted by atomic mass is 16.5. The molecular formula is C18H20N2O3. The van der Waals surface area contributed by atoms with Gasteiger partial charge in [0.25, 0.3) is 0 Å². The van der Waals surface area contributed by atoms with Crippen LogP contribution < -0.4 is 10.1 Å². The monoisotopic (exact) mass is 312 g/mol. The van der Waals surface area contributed by atoms with Gasteiger partial charge < -0.3 is 15.0 Å². The van der Waals surface area contributed by atoms with Crippen molar-refractivity contribution < 1.29 is 14.3 Å². The molecule has 0 spiro atoms. The van der Waals surface area contributed by atoms with Gasteiger partial charge in [-0.25, -0.2) is 0 Å². The fourth-order valence-corrected chi connectivity index (χ4v) is 1.90. The summed E-state index contributed by atoms with van der Waals surface area (Å²) in [5.41, 5.74) is 0.674. The van der Waals surface area contributed by atoms with Crippen molar-refractivity contribution in [2.45, 2.75) is 12.8 Å². The van der Waals surface area contributed by atoms with Crippen LogP contribution in [0.1, 0.15) is 12.8 Å². The maximum atomic E-state index is 11.8. The lowest BCUT2D eigenvalue weighted by atomic mass is 10.2. The maximum Gasteiger partial charge on any atom is 0.224 e. The topological polar surface area (TPSA) is 58.6 Å². The molecule has 5 heteroatoms. The molecule has 0 heterocycles. The molecule has 0 bridgehead atoms. The van der Waals surface area contributed by atoms with Crippen LogP contribution in [0.5, 0.6) is 11.5 Å². The molecule has 0 radical (unpaired) electrons. The predicted molar refractivity (Wildman–Crippen MR) is 89.5 cm³/mol. The SMILES string of the molecule is CN(C)C(=O)CCC(=O)Nc1ccc(Oc2ccccc2)cc1. The van der Waals surface area contributed by atoms with E-state index in [9.17, 15) is 9.59 Å². The molecule has 0 aliphatic rings. The Balaban J connectivity index is 1.85. The van der Waals surface area contributed by atoms with Crippen molar-refractivity contribution in [3.05, 3.63) is 54.6 Å². The molecule has 0 fully saturated rings. The van der Waals surface area contributed by atoms with Crippen LogP contribution in [0, 0.1) is 0 Å². The summed E-state index contributed by atoms with van der Waals surface area (Å²) in [6, 6.07) is 16.6. The Morgan fingerprint density at radius 3 is 2.13 bits per heavy atom. The summed E-state index contributed by atoms with van der Waals surface area (Å²) in [7, 11) is 3.34. The summed E-state index contributed by atoms with van der Waals surface area (Å²) in [5.74, 6) is 1.20. The quantitative estimate of drug-likeness (QED) is 0.890. The number of hydrogen-bond donors (Lipinski definition) is 1. The van der Waals surface area contributed by atoms with Crippen molar-refractivity contribution >= 4 is 17.5 Å². The summed E-state index contributed by atoms with van der Waals surface area (Å²) >= 11 is 0. The van der Waals surface area contributed by atoms with Gasteiger partial charge in [0.05, 0.1) is 0 Å². The van der Waals surface area contributed by atoms with E-state index in [0.29, 0.717) is 11.4 Å². The normalized spacial score (nSPS) is 10.0. The van der Waals surface area contributed by atoms with Crippen molar-refractivity contribution in [2.75, 3.05) is 19.4 Å². The minimum atomic E-state index is -0.183. The minimum absolute atomic E-state index is 0.0632. The van der Waals surface area contributed by atoms with Crippen molar-refractivity contribution in [1.82, 2.24) is 4.90 Å². The van der Waals surface area contributed by atoms with Crippen LogP contribution in [-0.4, -0.2) is 30.8 Å². The van der Waals surface area contributed by atoms with Crippen LogP contribution in [0.4, 0.5) is 5.69 Å². The Labute approximate surface area is 135 Å². The van der Waals surface area contributed by atoms with E-state index in [1.165, 1.54) is 4.90 Å². The number of carbonyl (C=O) groups excluding carboxylic acids is 2. The molecule has 0 aromatic heterocycles. The third kappa shape index (κ3) is 5.47. The van der Waals surface area contributed by atoms with E-state index in [0.717, 1.165) is 5.75 Å². The van der Waals surface area contributed by atoms with Crippen LogP contribution in [0.3, 0.4) is 0 Å². The Morgan fingerprint density at radius 1 is 0.913 bits per heavy atom. The van der Waals surface area contributed by atoms with Crippen LogP contribution in [-0.2, 0) is 9.59 Å². The van der Waals surface area contributed by atoms with Gasteiger partial charge >= 0.3 is 0 Å². The molecule has 5 nitrogen and oxygen atoms in total. The van der Waals surface area contributed by atoms with Crippen LogP contribution >= 0.6 is 0 Å². The molecule has 0 aliphatic heterocycles. The number of benzene rings is 2. The molecular weight excluding hydrogens is 292 g/mol. The predicted octanol–water partition coefficient (Wildman–Crippen LogP) is 3.29. The summed E-state index contributed by atoms with van der Waals surface area (Å²) in [6.07, 6.45) is 0.368. The number of rotatable bonds is 6. The third-order valence-electron chi connectivity index (χ3n) is 3.18. The zero-order valence-corrected chi connectivity index (χ0v) is 13.3. The van der Waals surface area contributed by atoms with Gasteiger partial charge in [-0.15, -0.1) is 0 Å². The molecule has 2 rings (SSSR count). The molecule has 1 N–H and O–H groups in total. The van der Waals surface area contributed by atoms with Crippen molar-refractivity contribution in [3.63, 3.8) is 0 Å². The molecule has 120 valence electrons. The van der Waals surface area contributed by atoms with E-state index >= 15 is 0 Å². The number of carbonyl (C=O) groups is 2. The van der Waals surface area contributed by atoms with E-state index in [1.54, 1.807) is 38.4 Å². The van der Waals surface area contributed by atoms with Crippen LogP contribution in [0.25, 0.3) is 0 Å². The van der Waals surface area contributed by atoms with Crippen molar-refractivity contribution in [3.8, 4) is 11.5 Å². The lowest BCUT2D eigenvalue weighted by Crippen LogP contribution is -2.23. The highest BCUT2D eigenvalue weighted by Crippen LogP contribution is 2.22. The number of nitrogens with one attached hydrogen (secondary N) is 1. The van der Waals surface area contributed by atoms with Gasteiger partial charge in [0.2, 0.25) is 11.8 Å². The van der Waals surface area contributed by atoms with Gasteiger partial charge in [-0.1, -0.05) is 18.2 Å². The van der Waals surface area contributed by atoms with Gasteiger partial charge in [0.15, 0.2) is 0 Å². The fraction of sp³-hybridized carbons (Fsp3) is 0.222. The first-order valence-corrected chi connectivity index (χ1v) is 7.37. The smallest absolute Gasteiger partial charge is 0.224 e. The molecule has 2 aromatic carbocycles. The molecule has 0 aliphatic carbocycles. The largest absolute Gasteiger partial charge is 0.457 e. The van der Waals surface area contributed by atoms with Crippen molar-refractivity contribution in [1.29, 1.82) is 0 Å². The average Bonchev–Trinajstić information content (AvgIpc) is 2.55. The number of anilines is 1. The fourth-order valence-electron chi connectivity index (χ4n) is 1.90. The second-order valence-corrected chi connectivity index (χ2v) is 5.28. The average molecular weight is 312 g/mol. The zero-order valence-electron chi connectivity index (χ0n) is 13.3. The van der Waals surface area contributed by atoms with E-state index in [2.05, 4.69) is 5.32 Å². The van der Waals surface area contributed by atoms with E-state index in [1.807, 2.05) is 30.3 Å². The second kappa shape index (κ2) is 7.98. The van der Waals surface area contributed by atoms with Crippen molar-refractivity contribution in [2.24, 2.45) is 0 Å². The molecule has 0 saturated carbocycles. The standard InChI is InChI=1S/C18H20N2O3/c1-20(2)18(22)13-12-17(21)19-14-8-10-16(11-9-14)23-15-6-4-3-5-7-15/h3-11H,12-13H2,1-2H3,(H,19,21). The summed E-state index contributed by atoms with van der Waals surface area (Å²) in [5, 5.41) is 2.76. The lowest BCUT2D eigenvalue weighted by Gasteiger charge is -2.10. The molecule has 2 amide bonds. The Bertz CT molecular complexity index is 652. The lowest BCUT2D eigenvalue weighted by molar-refractivity contribution is -0.130. The number of ether oxygens (including phenoxy) is 1. The van der Waals surface area contributed by atoms with Crippen LogP contribution in [0.15, 0.2) is 54.6 Å². The Kier molecular flexibility index (Phi) is 5.74. The molecule has 0 atom stereocenters. The van der Waals surface area contributed by atoms with Gasteiger partial charge in [-0.2, -0.15) is 0 Å². The zero-order chi connectivity index (χ0) is 16.7. The number of hydrogen-bond acceptors (Lipinski definition) is 3.